The van der Waals surface area contributed by atoms with Crippen molar-refractivity contribution in [1.29, 1.82) is 0 Å². The van der Waals surface area contributed by atoms with Gasteiger partial charge in [0.05, 0.1) is 17.6 Å². The molecule has 0 radical (unpaired) electrons. The Balaban J connectivity index is 2.41. The van der Waals surface area contributed by atoms with Crippen molar-refractivity contribution in [2.75, 3.05) is 32.1 Å². The average molecular weight is 236 g/mol. The summed E-state index contributed by atoms with van der Waals surface area (Å²) in [6, 6.07) is 0.0119. The van der Waals surface area contributed by atoms with Crippen molar-refractivity contribution >= 4 is 9.84 Å². The maximum atomic E-state index is 11.2. The molecule has 5 nitrogen and oxygen atoms in total. The van der Waals surface area contributed by atoms with E-state index in [9.17, 15) is 13.5 Å². The van der Waals surface area contributed by atoms with Crippen LogP contribution in [0, 0.1) is 0 Å². The Morgan fingerprint density at radius 1 is 1.47 bits per heavy atom. The van der Waals surface area contributed by atoms with Crippen molar-refractivity contribution in [3.05, 3.63) is 0 Å². The minimum Gasteiger partial charge on any atom is -0.390 e. The first kappa shape index (κ1) is 12.9. The van der Waals surface area contributed by atoms with Crippen LogP contribution in [0.15, 0.2) is 0 Å². The predicted molar refractivity (Wildman–Crippen MR) is 59.6 cm³/mol. The third-order valence-electron chi connectivity index (χ3n) is 2.88. The molecule has 1 rings (SSSR count). The van der Waals surface area contributed by atoms with Crippen LogP contribution < -0.4 is 5.32 Å². The molecule has 0 saturated carbocycles. The molecule has 3 unspecified atom stereocenters. The Labute approximate surface area is 91.4 Å². The van der Waals surface area contributed by atoms with Crippen molar-refractivity contribution in [1.82, 2.24) is 10.2 Å². The van der Waals surface area contributed by atoms with E-state index in [-0.39, 0.29) is 17.5 Å². The second-order valence-corrected chi connectivity index (χ2v) is 6.63. The van der Waals surface area contributed by atoms with Gasteiger partial charge in [0.1, 0.15) is 0 Å². The van der Waals surface area contributed by atoms with Crippen LogP contribution in [0.4, 0.5) is 0 Å². The maximum absolute atomic E-state index is 11.2. The van der Waals surface area contributed by atoms with E-state index in [1.54, 1.807) is 0 Å². The quantitative estimate of drug-likeness (QED) is 0.634. The van der Waals surface area contributed by atoms with E-state index in [1.807, 2.05) is 25.9 Å². The lowest BCUT2D eigenvalue weighted by molar-refractivity contribution is 0.160. The second-order valence-electron chi connectivity index (χ2n) is 4.47. The lowest BCUT2D eigenvalue weighted by atomic mass is 10.2. The van der Waals surface area contributed by atoms with Gasteiger partial charge >= 0.3 is 0 Å². The molecule has 1 aliphatic heterocycles. The van der Waals surface area contributed by atoms with Gasteiger partial charge in [-0.05, 0) is 21.0 Å². The van der Waals surface area contributed by atoms with Crippen molar-refractivity contribution in [3.63, 3.8) is 0 Å². The van der Waals surface area contributed by atoms with Crippen molar-refractivity contribution in [3.8, 4) is 0 Å². The number of nitrogens with zero attached hydrogens (tertiary/aromatic N) is 1. The zero-order valence-corrected chi connectivity index (χ0v) is 10.3. The number of sulfone groups is 1. The summed E-state index contributed by atoms with van der Waals surface area (Å²) in [4.78, 5) is 2.04. The average Bonchev–Trinajstić information content (AvgIpc) is 2.35. The highest BCUT2D eigenvalue weighted by atomic mass is 32.2. The predicted octanol–water partition coefficient (Wildman–Crippen LogP) is -1.32. The standard InChI is InChI=1S/C9H20N2O3S/c1-7(11(2)3)4-10-8-5-15(13,14)6-9(8)12/h7-10,12H,4-6H2,1-3H3. The molecule has 0 aromatic heterocycles. The lowest BCUT2D eigenvalue weighted by Crippen LogP contribution is -2.45. The van der Waals surface area contributed by atoms with Gasteiger partial charge in [0.25, 0.3) is 0 Å². The van der Waals surface area contributed by atoms with Gasteiger partial charge in [-0.25, -0.2) is 8.42 Å². The molecular formula is C9H20N2O3S. The van der Waals surface area contributed by atoms with Gasteiger partial charge < -0.3 is 15.3 Å². The Hall–Kier alpha value is -0.170. The smallest absolute Gasteiger partial charge is 0.154 e. The molecule has 0 amide bonds. The van der Waals surface area contributed by atoms with Crippen LogP contribution in [0.25, 0.3) is 0 Å². The first-order valence-corrected chi connectivity index (χ1v) is 6.92. The van der Waals surface area contributed by atoms with Crippen LogP contribution in [0.5, 0.6) is 0 Å². The second kappa shape index (κ2) is 4.78. The topological polar surface area (TPSA) is 69.6 Å². The van der Waals surface area contributed by atoms with Gasteiger partial charge in [0.15, 0.2) is 9.84 Å². The number of likely N-dealkylation sites (N-methyl/N-ethyl adjacent to an activating group) is 1. The summed E-state index contributed by atoms with van der Waals surface area (Å²) >= 11 is 0. The fraction of sp³-hybridized carbons (Fsp3) is 1.00. The Morgan fingerprint density at radius 3 is 2.47 bits per heavy atom. The van der Waals surface area contributed by atoms with E-state index in [4.69, 9.17) is 0 Å². The summed E-state index contributed by atoms with van der Waals surface area (Å²) in [5.41, 5.74) is 0. The van der Waals surface area contributed by atoms with Gasteiger partial charge in [-0.3, -0.25) is 0 Å². The number of hydrogen-bond donors (Lipinski definition) is 2. The van der Waals surface area contributed by atoms with Crippen molar-refractivity contribution in [2.24, 2.45) is 0 Å². The largest absolute Gasteiger partial charge is 0.390 e. The molecule has 3 atom stereocenters. The van der Waals surface area contributed by atoms with Gasteiger partial charge in [-0.15, -0.1) is 0 Å². The molecular weight excluding hydrogens is 216 g/mol. The van der Waals surface area contributed by atoms with Crippen LogP contribution in [0.1, 0.15) is 6.92 Å². The van der Waals surface area contributed by atoms with Crippen molar-refractivity contribution < 1.29 is 13.5 Å². The maximum Gasteiger partial charge on any atom is 0.154 e. The molecule has 1 saturated heterocycles. The van der Waals surface area contributed by atoms with Gasteiger partial charge in [0.2, 0.25) is 0 Å². The molecule has 0 aliphatic carbocycles. The zero-order chi connectivity index (χ0) is 11.6. The highest BCUT2D eigenvalue weighted by Crippen LogP contribution is 2.12. The Kier molecular flexibility index (Phi) is 4.11. The normalized spacial score (nSPS) is 32.1. The van der Waals surface area contributed by atoms with Crippen LogP contribution in [0.3, 0.4) is 0 Å². The van der Waals surface area contributed by atoms with E-state index < -0.39 is 15.9 Å². The van der Waals surface area contributed by atoms with Gasteiger partial charge in [-0.2, -0.15) is 0 Å². The summed E-state index contributed by atoms with van der Waals surface area (Å²) < 4.78 is 22.4. The van der Waals surface area contributed by atoms with Crippen molar-refractivity contribution in [2.45, 2.75) is 25.1 Å². The third kappa shape index (κ3) is 3.71. The van der Waals surface area contributed by atoms with E-state index in [0.29, 0.717) is 12.6 Å². The highest BCUT2D eigenvalue weighted by molar-refractivity contribution is 7.91. The molecule has 2 N–H and O–H groups in total. The summed E-state index contributed by atoms with van der Waals surface area (Å²) in [5, 5.41) is 12.6. The molecule has 0 aromatic carbocycles. The van der Waals surface area contributed by atoms with Crippen LogP contribution in [-0.2, 0) is 9.84 Å². The fourth-order valence-electron chi connectivity index (χ4n) is 1.53. The monoisotopic (exact) mass is 236 g/mol. The Morgan fingerprint density at radius 2 is 2.07 bits per heavy atom. The van der Waals surface area contributed by atoms with Gasteiger partial charge in [0, 0.05) is 18.6 Å². The van der Waals surface area contributed by atoms with E-state index in [2.05, 4.69) is 5.32 Å². The SMILES string of the molecule is CC(CNC1CS(=O)(=O)CC1O)N(C)C. The van der Waals surface area contributed by atoms with E-state index in [0.717, 1.165) is 0 Å². The minimum atomic E-state index is -3.04. The molecule has 0 spiro atoms. The van der Waals surface area contributed by atoms with Crippen LogP contribution in [-0.4, -0.2) is 68.8 Å². The summed E-state index contributed by atoms with van der Waals surface area (Å²) in [5.74, 6) is -0.0602. The minimum absolute atomic E-state index is 0.0499. The Bertz CT molecular complexity index is 302. The molecule has 1 fully saturated rings. The molecule has 1 aliphatic rings. The summed E-state index contributed by atoms with van der Waals surface area (Å²) in [6.07, 6.45) is -0.760. The van der Waals surface area contributed by atoms with E-state index in [1.165, 1.54) is 0 Å². The number of rotatable bonds is 4. The number of aliphatic hydroxyl groups excluding tert-OH is 1. The molecule has 0 bridgehead atoms. The van der Waals surface area contributed by atoms with E-state index >= 15 is 0 Å². The van der Waals surface area contributed by atoms with Gasteiger partial charge in [-0.1, -0.05) is 0 Å². The number of nitrogens with one attached hydrogen (secondary N) is 1. The number of hydrogen-bond acceptors (Lipinski definition) is 5. The molecule has 15 heavy (non-hydrogen) atoms. The first-order chi connectivity index (χ1) is 6.82. The summed E-state index contributed by atoms with van der Waals surface area (Å²) in [7, 11) is 0.894. The summed E-state index contributed by atoms with van der Waals surface area (Å²) in [6.45, 7) is 2.73. The van der Waals surface area contributed by atoms with Crippen LogP contribution >= 0.6 is 0 Å². The van der Waals surface area contributed by atoms with Crippen LogP contribution in [0.2, 0.25) is 0 Å². The zero-order valence-electron chi connectivity index (χ0n) is 9.47. The highest BCUT2D eigenvalue weighted by Gasteiger charge is 2.36. The molecule has 1 heterocycles. The number of aliphatic hydroxyl groups is 1. The molecule has 6 heteroatoms. The first-order valence-electron chi connectivity index (χ1n) is 5.10. The fourth-order valence-corrected chi connectivity index (χ4v) is 3.30. The lowest BCUT2D eigenvalue weighted by Gasteiger charge is -2.23. The molecule has 90 valence electrons. The third-order valence-corrected chi connectivity index (χ3v) is 4.60. The molecule has 0 aromatic rings.